The molecule has 1 fully saturated rings. The standard InChI is InChI=1S/C20H24O/c21-20-12-18-6-5-15(11-19(18)13-20)10-17-8-7-16(17)9-14-3-1-2-4-14/h1-2,5-6,11,14,16-17H,3-4,7-10,12-13H2. The number of fused-ring (bicyclic) bond motifs is 1. The van der Waals surface area contributed by atoms with Gasteiger partial charge >= 0.3 is 0 Å². The quantitative estimate of drug-likeness (QED) is 0.752. The van der Waals surface area contributed by atoms with E-state index >= 15 is 0 Å². The van der Waals surface area contributed by atoms with Gasteiger partial charge in [0.05, 0.1) is 0 Å². The van der Waals surface area contributed by atoms with Crippen molar-refractivity contribution in [3.63, 3.8) is 0 Å². The van der Waals surface area contributed by atoms with Crippen molar-refractivity contribution in [3.05, 3.63) is 47.0 Å². The topological polar surface area (TPSA) is 17.1 Å². The first-order valence-electron chi connectivity index (χ1n) is 8.55. The van der Waals surface area contributed by atoms with E-state index in [2.05, 4.69) is 30.4 Å². The predicted molar refractivity (Wildman–Crippen MR) is 85.3 cm³/mol. The Kier molecular flexibility index (Phi) is 3.45. The molecule has 0 N–H and O–H groups in total. The number of benzene rings is 1. The van der Waals surface area contributed by atoms with Gasteiger partial charge in [0, 0.05) is 12.8 Å². The molecule has 0 aromatic heterocycles. The highest BCUT2D eigenvalue weighted by Crippen LogP contribution is 2.43. The number of hydrogen-bond donors (Lipinski definition) is 0. The zero-order valence-corrected chi connectivity index (χ0v) is 12.7. The van der Waals surface area contributed by atoms with Crippen molar-refractivity contribution >= 4 is 5.78 Å². The summed E-state index contributed by atoms with van der Waals surface area (Å²) in [6, 6.07) is 6.78. The molecule has 110 valence electrons. The summed E-state index contributed by atoms with van der Waals surface area (Å²) in [6.45, 7) is 0. The van der Waals surface area contributed by atoms with Gasteiger partial charge in [-0.1, -0.05) is 30.4 Å². The van der Waals surface area contributed by atoms with Gasteiger partial charge < -0.3 is 0 Å². The van der Waals surface area contributed by atoms with E-state index < -0.39 is 0 Å². The van der Waals surface area contributed by atoms with Crippen LogP contribution in [-0.4, -0.2) is 5.78 Å². The van der Waals surface area contributed by atoms with Crippen molar-refractivity contribution < 1.29 is 4.79 Å². The number of ketones is 1. The van der Waals surface area contributed by atoms with Crippen molar-refractivity contribution in [3.8, 4) is 0 Å². The van der Waals surface area contributed by atoms with E-state index in [1.807, 2.05) is 0 Å². The maximum Gasteiger partial charge on any atom is 0.141 e. The first-order chi connectivity index (χ1) is 10.3. The summed E-state index contributed by atoms with van der Waals surface area (Å²) in [5.74, 6) is 3.15. The molecule has 0 amide bonds. The molecule has 4 rings (SSSR count). The van der Waals surface area contributed by atoms with E-state index in [4.69, 9.17) is 0 Å². The first-order valence-corrected chi connectivity index (χ1v) is 8.55. The van der Waals surface area contributed by atoms with Crippen LogP contribution >= 0.6 is 0 Å². The molecular formula is C20H24O. The lowest BCUT2D eigenvalue weighted by atomic mass is 9.67. The van der Waals surface area contributed by atoms with Crippen LogP contribution in [0, 0.1) is 17.8 Å². The zero-order chi connectivity index (χ0) is 14.2. The lowest BCUT2D eigenvalue weighted by Gasteiger charge is -2.38. The van der Waals surface area contributed by atoms with E-state index in [9.17, 15) is 4.79 Å². The maximum atomic E-state index is 11.5. The third-order valence-electron chi connectivity index (χ3n) is 5.86. The summed E-state index contributed by atoms with van der Waals surface area (Å²) < 4.78 is 0. The summed E-state index contributed by atoms with van der Waals surface area (Å²) in [5.41, 5.74) is 4.03. The van der Waals surface area contributed by atoms with Crippen molar-refractivity contribution in [2.45, 2.75) is 51.4 Å². The fraction of sp³-hybridized carbons (Fsp3) is 0.550. The van der Waals surface area contributed by atoms with Gasteiger partial charge in [0.15, 0.2) is 0 Å². The molecule has 2 unspecified atom stereocenters. The Morgan fingerprint density at radius 3 is 2.48 bits per heavy atom. The predicted octanol–water partition coefficient (Wildman–Crippen LogP) is 4.28. The largest absolute Gasteiger partial charge is 0.299 e. The number of allylic oxidation sites excluding steroid dienone is 2. The molecule has 1 aromatic carbocycles. The molecular weight excluding hydrogens is 256 g/mol. The van der Waals surface area contributed by atoms with E-state index in [0.717, 1.165) is 17.8 Å². The molecule has 0 heterocycles. The van der Waals surface area contributed by atoms with Crippen LogP contribution in [0.2, 0.25) is 0 Å². The molecule has 3 aliphatic rings. The molecule has 1 saturated carbocycles. The van der Waals surface area contributed by atoms with Gasteiger partial charge in [0.25, 0.3) is 0 Å². The van der Waals surface area contributed by atoms with Gasteiger partial charge in [-0.05, 0) is 73.0 Å². The number of Topliss-reactive ketones (excluding diaryl/α,β-unsaturated/α-hetero) is 1. The minimum Gasteiger partial charge on any atom is -0.299 e. The van der Waals surface area contributed by atoms with E-state index in [1.165, 1.54) is 55.2 Å². The highest BCUT2D eigenvalue weighted by atomic mass is 16.1. The SMILES string of the molecule is O=C1Cc2ccc(CC3CCC3CC3CC=CC3)cc2C1. The number of rotatable bonds is 4. The van der Waals surface area contributed by atoms with Gasteiger partial charge in [-0.2, -0.15) is 0 Å². The molecule has 0 aliphatic heterocycles. The van der Waals surface area contributed by atoms with Crippen molar-refractivity contribution in [1.29, 1.82) is 0 Å². The lowest BCUT2D eigenvalue weighted by Crippen LogP contribution is -2.29. The average molecular weight is 280 g/mol. The third-order valence-corrected chi connectivity index (χ3v) is 5.86. The Balaban J connectivity index is 1.37. The number of carbonyl (C=O) groups excluding carboxylic acids is 1. The normalized spacial score (nSPS) is 27.9. The van der Waals surface area contributed by atoms with Gasteiger partial charge in [-0.25, -0.2) is 0 Å². The van der Waals surface area contributed by atoms with Crippen molar-refractivity contribution in [2.24, 2.45) is 17.8 Å². The van der Waals surface area contributed by atoms with Gasteiger partial charge in [-0.15, -0.1) is 0 Å². The van der Waals surface area contributed by atoms with Crippen LogP contribution < -0.4 is 0 Å². The Morgan fingerprint density at radius 1 is 0.952 bits per heavy atom. The molecule has 0 radical (unpaired) electrons. The van der Waals surface area contributed by atoms with Crippen LogP contribution in [0.1, 0.15) is 48.8 Å². The number of hydrogen-bond acceptors (Lipinski definition) is 1. The van der Waals surface area contributed by atoms with Crippen molar-refractivity contribution in [1.82, 2.24) is 0 Å². The maximum absolute atomic E-state index is 11.5. The van der Waals surface area contributed by atoms with Crippen molar-refractivity contribution in [2.75, 3.05) is 0 Å². The highest BCUT2D eigenvalue weighted by molar-refractivity contribution is 5.87. The smallest absolute Gasteiger partial charge is 0.141 e. The van der Waals surface area contributed by atoms with Gasteiger partial charge in [-0.3, -0.25) is 4.79 Å². The van der Waals surface area contributed by atoms with Crippen LogP contribution in [0.3, 0.4) is 0 Å². The van der Waals surface area contributed by atoms with E-state index in [1.54, 1.807) is 0 Å². The highest BCUT2D eigenvalue weighted by Gasteiger charge is 2.32. The third kappa shape index (κ3) is 2.71. The molecule has 1 heteroatoms. The fourth-order valence-electron chi connectivity index (χ4n) is 4.44. The summed E-state index contributed by atoms with van der Waals surface area (Å²) in [5, 5.41) is 0. The van der Waals surface area contributed by atoms with Crippen LogP contribution in [0.25, 0.3) is 0 Å². The molecule has 0 saturated heterocycles. The number of carbonyl (C=O) groups is 1. The average Bonchev–Trinajstić information content (AvgIpc) is 3.08. The van der Waals surface area contributed by atoms with Crippen LogP contribution in [-0.2, 0) is 24.1 Å². The molecule has 2 atom stereocenters. The summed E-state index contributed by atoms with van der Waals surface area (Å²) in [6.07, 6.45) is 14.2. The second-order valence-electron chi connectivity index (χ2n) is 7.34. The Bertz CT molecular complexity index is 576. The first kappa shape index (κ1) is 13.3. The fourth-order valence-corrected chi connectivity index (χ4v) is 4.44. The Morgan fingerprint density at radius 2 is 1.71 bits per heavy atom. The van der Waals surface area contributed by atoms with Crippen LogP contribution in [0.5, 0.6) is 0 Å². The minimum absolute atomic E-state index is 0.386. The molecule has 0 spiro atoms. The monoisotopic (exact) mass is 280 g/mol. The van der Waals surface area contributed by atoms with E-state index in [-0.39, 0.29) is 0 Å². The summed E-state index contributed by atoms with van der Waals surface area (Å²) in [7, 11) is 0. The summed E-state index contributed by atoms with van der Waals surface area (Å²) in [4.78, 5) is 11.5. The lowest BCUT2D eigenvalue weighted by molar-refractivity contribution is -0.117. The second kappa shape index (κ2) is 5.44. The molecule has 1 nitrogen and oxygen atoms in total. The van der Waals surface area contributed by atoms with Crippen LogP contribution in [0.4, 0.5) is 0 Å². The van der Waals surface area contributed by atoms with Crippen LogP contribution in [0.15, 0.2) is 30.4 Å². The Labute approximate surface area is 127 Å². The van der Waals surface area contributed by atoms with Gasteiger partial charge in [0.2, 0.25) is 0 Å². The van der Waals surface area contributed by atoms with Gasteiger partial charge in [0.1, 0.15) is 5.78 Å². The minimum atomic E-state index is 0.386. The summed E-state index contributed by atoms with van der Waals surface area (Å²) >= 11 is 0. The molecule has 1 aromatic rings. The Hall–Kier alpha value is -1.37. The van der Waals surface area contributed by atoms with E-state index in [0.29, 0.717) is 18.6 Å². The second-order valence-corrected chi connectivity index (χ2v) is 7.34. The molecule has 0 bridgehead atoms. The molecule has 21 heavy (non-hydrogen) atoms. The molecule has 3 aliphatic carbocycles. The zero-order valence-electron chi connectivity index (χ0n) is 12.7.